The zero-order chi connectivity index (χ0) is 19.8. The molecule has 1 amide bonds. The van der Waals surface area contributed by atoms with E-state index in [2.05, 4.69) is 15.3 Å². The van der Waals surface area contributed by atoms with E-state index < -0.39 is 5.91 Å². The van der Waals surface area contributed by atoms with E-state index >= 15 is 0 Å². The van der Waals surface area contributed by atoms with Crippen molar-refractivity contribution in [3.05, 3.63) is 58.0 Å². The third-order valence-corrected chi connectivity index (χ3v) is 5.40. The molecule has 0 unspecified atom stereocenters. The molecule has 3 aromatic heterocycles. The zero-order valence-corrected chi connectivity index (χ0v) is 16.5. The number of benzene rings is 1. The molecular weight excluding hydrogens is 376 g/mol. The molecule has 4 rings (SSSR count). The number of pyridine rings is 2. The third-order valence-electron chi connectivity index (χ3n) is 4.46. The van der Waals surface area contributed by atoms with Crippen molar-refractivity contribution in [1.82, 2.24) is 14.5 Å². The summed E-state index contributed by atoms with van der Waals surface area (Å²) in [7, 11) is 1.60. The number of ether oxygens (including phenoxy) is 1. The van der Waals surface area contributed by atoms with Crippen molar-refractivity contribution in [2.45, 2.75) is 20.4 Å². The molecule has 0 atom stereocenters. The van der Waals surface area contributed by atoms with E-state index in [-0.39, 0.29) is 11.0 Å². The minimum absolute atomic E-state index is 0.0665. The first-order valence-corrected chi connectivity index (χ1v) is 9.58. The Balaban J connectivity index is 1.74. The van der Waals surface area contributed by atoms with Gasteiger partial charge in [-0.05, 0) is 44.2 Å². The topological polar surface area (TPSA) is 86.1 Å². The SMILES string of the molecule is CCn1cc(C(=O)Nc2nc3ccc(OC)cc3s2)c(=O)c2ccc(C)nc21. The van der Waals surface area contributed by atoms with Gasteiger partial charge < -0.3 is 9.30 Å². The Kier molecular flexibility index (Phi) is 4.56. The second kappa shape index (κ2) is 7.05. The maximum Gasteiger partial charge on any atom is 0.262 e. The summed E-state index contributed by atoms with van der Waals surface area (Å²) < 4.78 is 7.91. The second-order valence-electron chi connectivity index (χ2n) is 6.29. The number of thiazole rings is 1. The number of nitrogens with zero attached hydrogens (tertiary/aromatic N) is 3. The van der Waals surface area contributed by atoms with Crippen LogP contribution in [0.1, 0.15) is 23.0 Å². The monoisotopic (exact) mass is 394 g/mol. The predicted molar refractivity (Wildman–Crippen MR) is 111 cm³/mol. The number of fused-ring (bicyclic) bond motifs is 2. The van der Waals surface area contributed by atoms with Crippen LogP contribution in [0.5, 0.6) is 5.75 Å². The first-order valence-electron chi connectivity index (χ1n) is 8.77. The van der Waals surface area contributed by atoms with Crippen molar-refractivity contribution in [2.75, 3.05) is 12.4 Å². The molecule has 7 nitrogen and oxygen atoms in total. The van der Waals surface area contributed by atoms with Gasteiger partial charge in [0.15, 0.2) is 5.13 Å². The maximum absolute atomic E-state index is 12.8. The van der Waals surface area contributed by atoms with E-state index in [9.17, 15) is 9.59 Å². The van der Waals surface area contributed by atoms with Crippen LogP contribution >= 0.6 is 11.3 Å². The molecule has 0 saturated heterocycles. The van der Waals surface area contributed by atoms with E-state index in [1.807, 2.05) is 36.6 Å². The van der Waals surface area contributed by atoms with Gasteiger partial charge in [0.1, 0.15) is 17.0 Å². The fraction of sp³-hybridized carbons (Fsp3) is 0.200. The van der Waals surface area contributed by atoms with E-state index in [0.717, 1.165) is 21.7 Å². The molecule has 0 aliphatic rings. The average Bonchev–Trinajstić information content (AvgIpc) is 3.09. The van der Waals surface area contributed by atoms with Crippen molar-refractivity contribution in [3.63, 3.8) is 0 Å². The number of carbonyl (C=O) groups is 1. The van der Waals surface area contributed by atoms with Gasteiger partial charge in [0, 0.05) is 18.4 Å². The lowest BCUT2D eigenvalue weighted by Gasteiger charge is -2.11. The molecule has 8 heteroatoms. The number of rotatable bonds is 4. The highest BCUT2D eigenvalue weighted by atomic mass is 32.1. The zero-order valence-electron chi connectivity index (χ0n) is 15.6. The van der Waals surface area contributed by atoms with Crippen LogP contribution in [-0.2, 0) is 6.54 Å². The van der Waals surface area contributed by atoms with Crippen LogP contribution in [0.3, 0.4) is 0 Å². The van der Waals surface area contributed by atoms with Gasteiger partial charge in [-0.15, -0.1) is 0 Å². The highest BCUT2D eigenvalue weighted by Gasteiger charge is 2.17. The average molecular weight is 394 g/mol. The Morgan fingerprint density at radius 1 is 1.25 bits per heavy atom. The summed E-state index contributed by atoms with van der Waals surface area (Å²) in [6.45, 7) is 4.40. The lowest BCUT2D eigenvalue weighted by atomic mass is 10.1. The molecule has 0 spiro atoms. The number of methoxy groups -OCH3 is 1. The molecule has 0 bridgehead atoms. The molecule has 0 aliphatic heterocycles. The van der Waals surface area contributed by atoms with Crippen LogP contribution in [0, 0.1) is 6.92 Å². The van der Waals surface area contributed by atoms with Gasteiger partial charge in [0.05, 0.1) is 22.7 Å². The van der Waals surface area contributed by atoms with Gasteiger partial charge in [0.2, 0.25) is 5.43 Å². The van der Waals surface area contributed by atoms with Gasteiger partial charge in [-0.3, -0.25) is 14.9 Å². The van der Waals surface area contributed by atoms with E-state index in [1.165, 1.54) is 11.3 Å². The Morgan fingerprint density at radius 2 is 2.07 bits per heavy atom. The van der Waals surface area contributed by atoms with Crippen molar-refractivity contribution in [1.29, 1.82) is 0 Å². The summed E-state index contributed by atoms with van der Waals surface area (Å²) in [5.74, 6) is 0.234. The molecule has 142 valence electrons. The number of amides is 1. The van der Waals surface area contributed by atoms with Crippen molar-refractivity contribution in [2.24, 2.45) is 0 Å². The molecule has 4 aromatic rings. The minimum atomic E-state index is -0.485. The lowest BCUT2D eigenvalue weighted by molar-refractivity contribution is 0.102. The summed E-state index contributed by atoms with van der Waals surface area (Å²) in [4.78, 5) is 34.5. The van der Waals surface area contributed by atoms with Gasteiger partial charge in [-0.2, -0.15) is 0 Å². The van der Waals surface area contributed by atoms with Crippen LogP contribution in [0.4, 0.5) is 5.13 Å². The predicted octanol–water partition coefficient (Wildman–Crippen LogP) is 3.60. The van der Waals surface area contributed by atoms with E-state index in [1.54, 1.807) is 25.4 Å². The Hall–Kier alpha value is -3.26. The largest absolute Gasteiger partial charge is 0.497 e. The Bertz CT molecular complexity index is 1280. The fourth-order valence-electron chi connectivity index (χ4n) is 3.01. The fourth-order valence-corrected chi connectivity index (χ4v) is 3.90. The van der Waals surface area contributed by atoms with Crippen LogP contribution in [0.2, 0.25) is 0 Å². The van der Waals surface area contributed by atoms with Crippen molar-refractivity contribution >= 4 is 43.6 Å². The van der Waals surface area contributed by atoms with Crippen LogP contribution in [0.25, 0.3) is 21.3 Å². The van der Waals surface area contributed by atoms with Crippen LogP contribution < -0.4 is 15.5 Å². The van der Waals surface area contributed by atoms with Gasteiger partial charge in [-0.25, -0.2) is 9.97 Å². The van der Waals surface area contributed by atoms with Gasteiger partial charge in [-0.1, -0.05) is 11.3 Å². The summed E-state index contributed by atoms with van der Waals surface area (Å²) >= 11 is 1.33. The molecule has 0 radical (unpaired) electrons. The highest BCUT2D eigenvalue weighted by molar-refractivity contribution is 7.22. The maximum atomic E-state index is 12.8. The minimum Gasteiger partial charge on any atom is -0.497 e. The first-order chi connectivity index (χ1) is 13.5. The molecule has 0 aliphatic carbocycles. The van der Waals surface area contributed by atoms with Crippen molar-refractivity contribution in [3.8, 4) is 5.75 Å². The summed E-state index contributed by atoms with van der Waals surface area (Å²) in [6.07, 6.45) is 1.56. The number of aromatic nitrogens is 3. The molecule has 0 saturated carbocycles. The highest BCUT2D eigenvalue weighted by Crippen LogP contribution is 2.29. The number of aryl methyl sites for hydroxylation is 2. The standard InChI is InChI=1S/C20H18N4O3S/c1-4-24-10-14(17(25)13-7-5-11(2)21-18(13)24)19(26)23-20-22-15-8-6-12(27-3)9-16(15)28-20/h5-10H,4H2,1-3H3,(H,22,23,26). The smallest absolute Gasteiger partial charge is 0.262 e. The number of carbonyl (C=O) groups excluding carboxylic acids is 1. The van der Waals surface area contributed by atoms with Gasteiger partial charge in [0.25, 0.3) is 5.91 Å². The summed E-state index contributed by atoms with van der Waals surface area (Å²) in [5, 5.41) is 3.60. The van der Waals surface area contributed by atoms with E-state index in [4.69, 9.17) is 4.74 Å². The number of anilines is 1. The van der Waals surface area contributed by atoms with Crippen LogP contribution in [0.15, 0.2) is 41.3 Å². The number of nitrogens with one attached hydrogen (secondary N) is 1. The second-order valence-corrected chi connectivity index (χ2v) is 7.32. The molecule has 1 aromatic carbocycles. The normalized spacial score (nSPS) is 11.1. The van der Waals surface area contributed by atoms with Crippen molar-refractivity contribution < 1.29 is 9.53 Å². The molecule has 28 heavy (non-hydrogen) atoms. The first kappa shape index (κ1) is 18.1. The van der Waals surface area contributed by atoms with E-state index in [0.29, 0.717) is 22.7 Å². The lowest BCUT2D eigenvalue weighted by Crippen LogP contribution is -2.24. The Morgan fingerprint density at radius 3 is 2.82 bits per heavy atom. The molecular formula is C20H18N4O3S. The van der Waals surface area contributed by atoms with Crippen LogP contribution in [-0.4, -0.2) is 27.6 Å². The third kappa shape index (κ3) is 3.11. The molecule has 1 N–H and O–H groups in total. The van der Waals surface area contributed by atoms with Gasteiger partial charge >= 0.3 is 0 Å². The Labute approximate surface area is 164 Å². The summed E-state index contributed by atoms with van der Waals surface area (Å²) in [5.41, 5.74) is 1.88. The number of hydrogen-bond acceptors (Lipinski definition) is 6. The molecule has 0 fully saturated rings. The summed E-state index contributed by atoms with van der Waals surface area (Å²) in [6, 6.07) is 8.98. The number of hydrogen-bond donors (Lipinski definition) is 1. The molecule has 3 heterocycles. The quantitative estimate of drug-likeness (QED) is 0.572.